The van der Waals surface area contributed by atoms with Crippen molar-refractivity contribution < 1.29 is 0 Å². The van der Waals surface area contributed by atoms with Crippen molar-refractivity contribution in [3.63, 3.8) is 0 Å². The van der Waals surface area contributed by atoms with Crippen LogP contribution < -0.4 is 0 Å². The molecule has 0 aromatic carbocycles. The molecule has 0 N–H and O–H groups in total. The molecule has 0 atom stereocenters. The van der Waals surface area contributed by atoms with Gasteiger partial charge in [0.1, 0.15) is 0 Å². The average Bonchev–Trinajstić information content (AvgIpc) is 2.94. The molecular formula is C14H18S2. The molecule has 0 spiro atoms. The third kappa shape index (κ3) is 2.96. The zero-order valence-electron chi connectivity index (χ0n) is 9.74. The minimum atomic E-state index is 1.24. The van der Waals surface area contributed by atoms with Gasteiger partial charge in [-0.25, -0.2) is 0 Å². The molecule has 0 amide bonds. The molecule has 0 bridgehead atoms. The number of rotatable bonds is 6. The van der Waals surface area contributed by atoms with Gasteiger partial charge in [-0.1, -0.05) is 26.2 Å². The van der Waals surface area contributed by atoms with Crippen LogP contribution in [0.4, 0.5) is 0 Å². The first-order chi connectivity index (χ1) is 7.92. The molecule has 0 aliphatic heterocycles. The second-order valence-electron chi connectivity index (χ2n) is 4.10. The van der Waals surface area contributed by atoms with Crippen molar-refractivity contribution in [2.24, 2.45) is 0 Å². The number of thiophene rings is 2. The van der Waals surface area contributed by atoms with Crippen molar-refractivity contribution in [3.8, 4) is 10.4 Å². The lowest BCUT2D eigenvalue weighted by Gasteiger charge is -2.02. The third-order valence-corrected chi connectivity index (χ3v) is 4.52. The summed E-state index contributed by atoms with van der Waals surface area (Å²) in [6.07, 6.45) is 6.64. The van der Waals surface area contributed by atoms with Gasteiger partial charge in [-0.15, -0.1) is 11.3 Å². The van der Waals surface area contributed by atoms with Crippen LogP contribution in [-0.2, 0) is 6.42 Å². The Kier molecular flexibility index (Phi) is 4.61. The number of unbranched alkanes of at least 4 members (excludes halogenated alkanes) is 3. The predicted molar refractivity (Wildman–Crippen MR) is 75.5 cm³/mol. The Morgan fingerprint density at radius 3 is 2.75 bits per heavy atom. The summed E-state index contributed by atoms with van der Waals surface area (Å²) in [6.45, 7) is 2.27. The molecule has 0 saturated heterocycles. The maximum atomic E-state index is 2.30. The first-order valence-electron chi connectivity index (χ1n) is 6.00. The number of hydrogen-bond acceptors (Lipinski definition) is 2. The van der Waals surface area contributed by atoms with Crippen molar-refractivity contribution in [3.05, 3.63) is 33.8 Å². The van der Waals surface area contributed by atoms with Gasteiger partial charge in [0.2, 0.25) is 0 Å². The Morgan fingerprint density at radius 1 is 1.06 bits per heavy atom. The molecule has 2 rings (SSSR count). The monoisotopic (exact) mass is 250 g/mol. The molecule has 0 unspecified atom stereocenters. The highest BCUT2D eigenvalue weighted by Crippen LogP contribution is 2.32. The fraction of sp³-hybridized carbons (Fsp3) is 0.429. The average molecular weight is 250 g/mol. The molecule has 0 radical (unpaired) electrons. The van der Waals surface area contributed by atoms with Gasteiger partial charge < -0.3 is 0 Å². The molecule has 2 aromatic rings. The van der Waals surface area contributed by atoms with Crippen LogP contribution in [0.3, 0.4) is 0 Å². The molecular weight excluding hydrogens is 232 g/mol. The quantitative estimate of drug-likeness (QED) is 0.585. The second-order valence-corrected chi connectivity index (χ2v) is 5.79. The van der Waals surface area contributed by atoms with Crippen molar-refractivity contribution in [1.29, 1.82) is 0 Å². The summed E-state index contributed by atoms with van der Waals surface area (Å²) in [5.74, 6) is 0. The summed E-state index contributed by atoms with van der Waals surface area (Å²) in [5.41, 5.74) is 2.95. The Bertz CT molecular complexity index is 398. The van der Waals surface area contributed by atoms with Gasteiger partial charge in [-0.05, 0) is 46.7 Å². The van der Waals surface area contributed by atoms with Crippen molar-refractivity contribution in [2.45, 2.75) is 39.0 Å². The van der Waals surface area contributed by atoms with Gasteiger partial charge in [0.25, 0.3) is 0 Å². The largest absolute Gasteiger partial charge is 0.152 e. The molecule has 0 saturated carbocycles. The molecule has 0 fully saturated rings. The maximum Gasteiger partial charge on any atom is 0.0383 e. The SMILES string of the molecule is CCCCCCc1ccsc1-c1ccsc1. The smallest absolute Gasteiger partial charge is 0.0383 e. The molecule has 0 aliphatic carbocycles. The Balaban J connectivity index is 1.97. The molecule has 86 valence electrons. The molecule has 0 nitrogen and oxygen atoms in total. The zero-order chi connectivity index (χ0) is 11.2. The minimum Gasteiger partial charge on any atom is -0.152 e. The van der Waals surface area contributed by atoms with E-state index in [0.29, 0.717) is 0 Å². The van der Waals surface area contributed by atoms with Gasteiger partial charge in [-0.3, -0.25) is 0 Å². The highest BCUT2D eigenvalue weighted by Gasteiger charge is 2.06. The maximum absolute atomic E-state index is 2.30. The van der Waals surface area contributed by atoms with E-state index in [1.54, 1.807) is 16.9 Å². The highest BCUT2D eigenvalue weighted by molar-refractivity contribution is 7.14. The number of aryl methyl sites for hydroxylation is 1. The van der Waals surface area contributed by atoms with Crippen LogP contribution in [0.1, 0.15) is 38.2 Å². The van der Waals surface area contributed by atoms with Gasteiger partial charge in [-0.2, -0.15) is 11.3 Å². The van der Waals surface area contributed by atoms with Crippen LogP contribution in [0.5, 0.6) is 0 Å². The molecule has 0 aliphatic rings. The van der Waals surface area contributed by atoms with Crippen LogP contribution >= 0.6 is 22.7 Å². The fourth-order valence-electron chi connectivity index (χ4n) is 1.92. The Hall–Kier alpha value is -0.600. The molecule has 16 heavy (non-hydrogen) atoms. The fourth-order valence-corrected chi connectivity index (χ4v) is 3.60. The summed E-state index contributed by atoms with van der Waals surface area (Å²) in [6, 6.07) is 4.52. The molecule has 2 heteroatoms. The van der Waals surface area contributed by atoms with Crippen LogP contribution in [0, 0.1) is 0 Å². The highest BCUT2D eigenvalue weighted by atomic mass is 32.1. The third-order valence-electron chi connectivity index (χ3n) is 2.83. The Morgan fingerprint density at radius 2 is 2.00 bits per heavy atom. The summed E-state index contributed by atoms with van der Waals surface area (Å²) >= 11 is 3.66. The van der Waals surface area contributed by atoms with Crippen LogP contribution in [0.2, 0.25) is 0 Å². The zero-order valence-corrected chi connectivity index (χ0v) is 11.4. The Labute approximate surface area is 106 Å². The molecule has 2 heterocycles. The van der Waals surface area contributed by atoms with Gasteiger partial charge in [0, 0.05) is 10.4 Å². The van der Waals surface area contributed by atoms with Gasteiger partial charge in [0.15, 0.2) is 0 Å². The van der Waals surface area contributed by atoms with Crippen LogP contribution in [0.15, 0.2) is 28.3 Å². The lowest BCUT2D eigenvalue weighted by molar-refractivity contribution is 0.668. The minimum absolute atomic E-state index is 1.24. The lowest BCUT2D eigenvalue weighted by Crippen LogP contribution is -1.85. The van der Waals surface area contributed by atoms with Crippen molar-refractivity contribution in [2.75, 3.05) is 0 Å². The van der Waals surface area contributed by atoms with E-state index in [2.05, 4.69) is 35.2 Å². The van der Waals surface area contributed by atoms with E-state index < -0.39 is 0 Å². The van der Waals surface area contributed by atoms with Gasteiger partial charge >= 0.3 is 0 Å². The normalized spacial score (nSPS) is 10.8. The second kappa shape index (κ2) is 6.21. The first kappa shape index (κ1) is 11.9. The van der Waals surface area contributed by atoms with Crippen LogP contribution in [-0.4, -0.2) is 0 Å². The topological polar surface area (TPSA) is 0 Å². The van der Waals surface area contributed by atoms with Crippen molar-refractivity contribution in [1.82, 2.24) is 0 Å². The number of hydrogen-bond donors (Lipinski definition) is 0. The summed E-state index contributed by atoms with van der Waals surface area (Å²) in [4.78, 5) is 1.48. The van der Waals surface area contributed by atoms with E-state index in [9.17, 15) is 0 Å². The van der Waals surface area contributed by atoms with E-state index >= 15 is 0 Å². The summed E-state index contributed by atoms with van der Waals surface area (Å²) < 4.78 is 0. The van der Waals surface area contributed by atoms with E-state index in [1.807, 2.05) is 11.3 Å². The lowest BCUT2D eigenvalue weighted by atomic mass is 10.1. The molecule has 2 aromatic heterocycles. The summed E-state index contributed by atoms with van der Waals surface area (Å²) in [7, 11) is 0. The predicted octanol–water partition coefficient (Wildman–Crippen LogP) is 5.60. The van der Waals surface area contributed by atoms with E-state index in [0.717, 1.165) is 0 Å². The van der Waals surface area contributed by atoms with E-state index in [-0.39, 0.29) is 0 Å². The van der Waals surface area contributed by atoms with E-state index in [4.69, 9.17) is 0 Å². The van der Waals surface area contributed by atoms with Crippen LogP contribution in [0.25, 0.3) is 10.4 Å². The summed E-state index contributed by atoms with van der Waals surface area (Å²) in [5, 5.41) is 6.64. The standard InChI is InChI=1S/C14H18S2/c1-2-3-4-5-6-12-8-10-16-14(12)13-7-9-15-11-13/h7-11H,2-6H2,1H3. The van der Waals surface area contributed by atoms with Crippen molar-refractivity contribution >= 4 is 22.7 Å². The van der Waals surface area contributed by atoms with E-state index in [1.165, 1.54) is 42.5 Å². The first-order valence-corrected chi connectivity index (χ1v) is 7.83. The van der Waals surface area contributed by atoms with Gasteiger partial charge in [0.05, 0.1) is 0 Å².